The first-order valence-electron chi connectivity index (χ1n) is 7.08. The molecule has 1 aromatic rings. The van der Waals surface area contributed by atoms with E-state index in [-0.39, 0.29) is 12.3 Å². The molecule has 1 aromatic carbocycles. The lowest BCUT2D eigenvalue weighted by atomic mass is 9.97. The van der Waals surface area contributed by atoms with E-state index in [1.54, 1.807) is 26.0 Å². The van der Waals surface area contributed by atoms with E-state index < -0.39 is 11.5 Å². The molecule has 0 saturated heterocycles. The highest BCUT2D eigenvalue weighted by molar-refractivity contribution is 5.96. The van der Waals surface area contributed by atoms with E-state index in [9.17, 15) is 9.59 Å². The molecule has 0 saturated carbocycles. The van der Waals surface area contributed by atoms with Gasteiger partial charge in [-0.2, -0.15) is 0 Å². The maximum absolute atomic E-state index is 12.4. The lowest BCUT2D eigenvalue weighted by Crippen LogP contribution is -2.43. The summed E-state index contributed by atoms with van der Waals surface area (Å²) in [4.78, 5) is 23.1. The van der Waals surface area contributed by atoms with Crippen molar-refractivity contribution < 1.29 is 28.9 Å². The van der Waals surface area contributed by atoms with Crippen LogP contribution >= 0.6 is 0 Å². The predicted molar refractivity (Wildman–Crippen MR) is 84.5 cm³/mol. The van der Waals surface area contributed by atoms with Gasteiger partial charge in [0, 0.05) is 17.5 Å². The molecule has 0 aliphatic carbocycles. The molecule has 0 radical (unpaired) electrons. The SMILES string of the molecule is COc1cc(C(=O)NC(C)(C)CCC(=O)O)cc(OC)c1OC. The highest BCUT2D eigenvalue weighted by atomic mass is 16.5. The van der Waals surface area contributed by atoms with Crippen molar-refractivity contribution in [3.63, 3.8) is 0 Å². The summed E-state index contributed by atoms with van der Waals surface area (Å²) in [6.45, 7) is 3.54. The quantitative estimate of drug-likeness (QED) is 0.760. The van der Waals surface area contributed by atoms with Crippen molar-refractivity contribution in [3.05, 3.63) is 17.7 Å². The monoisotopic (exact) mass is 325 g/mol. The number of aliphatic carboxylic acids is 1. The summed E-state index contributed by atoms with van der Waals surface area (Å²) in [5.41, 5.74) is -0.321. The van der Waals surface area contributed by atoms with Crippen LogP contribution in [0.3, 0.4) is 0 Å². The third-order valence-corrected chi connectivity index (χ3v) is 3.34. The third-order valence-electron chi connectivity index (χ3n) is 3.34. The van der Waals surface area contributed by atoms with Crippen molar-refractivity contribution in [1.82, 2.24) is 5.32 Å². The number of ether oxygens (including phenoxy) is 3. The number of amides is 1. The van der Waals surface area contributed by atoms with E-state index in [0.717, 1.165) is 0 Å². The first-order valence-corrected chi connectivity index (χ1v) is 7.08. The minimum absolute atomic E-state index is 0.0253. The number of carbonyl (C=O) groups is 2. The van der Waals surface area contributed by atoms with Gasteiger partial charge in [-0.25, -0.2) is 0 Å². The van der Waals surface area contributed by atoms with Crippen LogP contribution in [-0.4, -0.2) is 43.9 Å². The molecule has 7 nitrogen and oxygen atoms in total. The molecule has 0 atom stereocenters. The van der Waals surface area contributed by atoms with Crippen LogP contribution < -0.4 is 19.5 Å². The van der Waals surface area contributed by atoms with Gasteiger partial charge in [0.05, 0.1) is 21.3 Å². The van der Waals surface area contributed by atoms with Crippen LogP contribution in [0, 0.1) is 0 Å². The molecule has 128 valence electrons. The van der Waals surface area contributed by atoms with Crippen LogP contribution in [0.5, 0.6) is 17.2 Å². The molecule has 0 heterocycles. The van der Waals surface area contributed by atoms with Gasteiger partial charge in [-0.3, -0.25) is 9.59 Å². The second-order valence-corrected chi connectivity index (χ2v) is 5.65. The van der Waals surface area contributed by atoms with Crippen molar-refractivity contribution in [2.24, 2.45) is 0 Å². The minimum atomic E-state index is -0.903. The van der Waals surface area contributed by atoms with E-state index in [1.165, 1.54) is 21.3 Å². The standard InChI is InChI=1S/C16H23NO6/c1-16(2,7-6-13(18)19)17-15(20)10-8-11(21-3)14(23-5)12(9-10)22-4/h8-9H,6-7H2,1-5H3,(H,17,20)(H,18,19). The summed E-state index contributed by atoms with van der Waals surface area (Å²) in [6.07, 6.45) is 0.293. The van der Waals surface area contributed by atoms with Gasteiger partial charge in [0.1, 0.15) is 0 Å². The summed E-state index contributed by atoms with van der Waals surface area (Å²) in [7, 11) is 4.42. The highest BCUT2D eigenvalue weighted by Gasteiger charge is 2.24. The average Bonchev–Trinajstić information content (AvgIpc) is 2.51. The predicted octanol–water partition coefficient (Wildman–Crippen LogP) is 2.09. The lowest BCUT2D eigenvalue weighted by Gasteiger charge is -2.26. The molecular weight excluding hydrogens is 302 g/mol. The Bertz CT molecular complexity index is 557. The van der Waals surface area contributed by atoms with Gasteiger partial charge in [0.2, 0.25) is 5.75 Å². The molecule has 23 heavy (non-hydrogen) atoms. The van der Waals surface area contributed by atoms with Gasteiger partial charge in [-0.15, -0.1) is 0 Å². The summed E-state index contributed by atoms with van der Waals surface area (Å²) in [5.74, 6) is -0.0999. The second kappa shape index (κ2) is 7.71. The summed E-state index contributed by atoms with van der Waals surface area (Å²) < 4.78 is 15.6. The van der Waals surface area contributed by atoms with E-state index in [0.29, 0.717) is 29.2 Å². The zero-order chi connectivity index (χ0) is 17.6. The molecule has 0 bridgehead atoms. The van der Waals surface area contributed by atoms with Gasteiger partial charge < -0.3 is 24.6 Å². The number of hydrogen-bond acceptors (Lipinski definition) is 5. The van der Waals surface area contributed by atoms with E-state index in [1.807, 2.05) is 0 Å². The normalized spacial score (nSPS) is 10.8. The average molecular weight is 325 g/mol. The van der Waals surface area contributed by atoms with Gasteiger partial charge in [-0.05, 0) is 32.4 Å². The largest absolute Gasteiger partial charge is 0.493 e. The number of rotatable bonds is 8. The third kappa shape index (κ3) is 5.05. The number of carbonyl (C=O) groups excluding carboxylic acids is 1. The Morgan fingerprint density at radius 1 is 1.09 bits per heavy atom. The summed E-state index contributed by atoms with van der Waals surface area (Å²) in [6, 6.07) is 3.09. The highest BCUT2D eigenvalue weighted by Crippen LogP contribution is 2.38. The van der Waals surface area contributed by atoms with E-state index >= 15 is 0 Å². The molecule has 0 fully saturated rings. The Morgan fingerprint density at radius 3 is 2.00 bits per heavy atom. The van der Waals surface area contributed by atoms with Gasteiger partial charge in [0.25, 0.3) is 5.91 Å². The first kappa shape index (κ1) is 18.6. The number of carboxylic acids is 1. The summed E-state index contributed by atoms with van der Waals surface area (Å²) in [5, 5.41) is 11.6. The van der Waals surface area contributed by atoms with Crippen LogP contribution in [0.4, 0.5) is 0 Å². The summed E-state index contributed by atoms with van der Waals surface area (Å²) >= 11 is 0. The molecule has 0 spiro atoms. The number of carboxylic acid groups (broad SMARTS) is 1. The van der Waals surface area contributed by atoms with Crippen molar-refractivity contribution >= 4 is 11.9 Å². The molecule has 2 N–H and O–H groups in total. The van der Waals surface area contributed by atoms with Crippen LogP contribution in [-0.2, 0) is 4.79 Å². The molecule has 1 rings (SSSR count). The van der Waals surface area contributed by atoms with Gasteiger partial charge in [0.15, 0.2) is 11.5 Å². The zero-order valence-corrected chi connectivity index (χ0v) is 14.1. The van der Waals surface area contributed by atoms with Gasteiger partial charge in [-0.1, -0.05) is 0 Å². The number of methoxy groups -OCH3 is 3. The Labute approximate surface area is 135 Å². The molecule has 0 aromatic heterocycles. The Kier molecular flexibility index (Phi) is 6.24. The van der Waals surface area contributed by atoms with E-state index in [4.69, 9.17) is 19.3 Å². The lowest BCUT2D eigenvalue weighted by molar-refractivity contribution is -0.137. The first-order chi connectivity index (χ1) is 10.7. The van der Waals surface area contributed by atoms with E-state index in [2.05, 4.69) is 5.32 Å². The number of hydrogen-bond donors (Lipinski definition) is 2. The maximum Gasteiger partial charge on any atom is 0.303 e. The Balaban J connectivity index is 3.01. The Hall–Kier alpha value is -2.44. The van der Waals surface area contributed by atoms with Crippen LogP contribution in [0.1, 0.15) is 37.0 Å². The molecular formula is C16H23NO6. The van der Waals surface area contributed by atoms with Crippen molar-refractivity contribution in [1.29, 1.82) is 0 Å². The van der Waals surface area contributed by atoms with Crippen molar-refractivity contribution in [2.45, 2.75) is 32.2 Å². The maximum atomic E-state index is 12.4. The van der Waals surface area contributed by atoms with Crippen molar-refractivity contribution in [3.8, 4) is 17.2 Å². The smallest absolute Gasteiger partial charge is 0.303 e. The van der Waals surface area contributed by atoms with Crippen LogP contribution in [0.25, 0.3) is 0 Å². The van der Waals surface area contributed by atoms with Crippen LogP contribution in [0.2, 0.25) is 0 Å². The molecule has 1 amide bonds. The molecule has 0 aliphatic heterocycles. The fraction of sp³-hybridized carbons (Fsp3) is 0.500. The zero-order valence-electron chi connectivity index (χ0n) is 14.1. The molecule has 0 aliphatic rings. The van der Waals surface area contributed by atoms with Gasteiger partial charge >= 0.3 is 5.97 Å². The number of benzene rings is 1. The fourth-order valence-corrected chi connectivity index (χ4v) is 2.07. The Morgan fingerprint density at radius 2 is 1.61 bits per heavy atom. The number of nitrogens with one attached hydrogen (secondary N) is 1. The minimum Gasteiger partial charge on any atom is -0.493 e. The fourth-order valence-electron chi connectivity index (χ4n) is 2.07. The second-order valence-electron chi connectivity index (χ2n) is 5.65. The topological polar surface area (TPSA) is 94.1 Å². The molecule has 0 unspecified atom stereocenters. The van der Waals surface area contributed by atoms with Crippen molar-refractivity contribution in [2.75, 3.05) is 21.3 Å². The van der Waals surface area contributed by atoms with Crippen LogP contribution in [0.15, 0.2) is 12.1 Å². The molecule has 7 heteroatoms.